The molecule has 3 N–H and O–H groups in total. The molecule has 0 aliphatic heterocycles. The van der Waals surface area contributed by atoms with Crippen LogP contribution >= 0.6 is 11.5 Å². The third-order valence-electron chi connectivity index (χ3n) is 2.72. The van der Waals surface area contributed by atoms with E-state index in [1.807, 2.05) is 0 Å². The number of hydrogen-bond donors (Lipinski definition) is 2. The van der Waals surface area contributed by atoms with Crippen LogP contribution in [-0.2, 0) is 6.42 Å². The molecule has 0 unspecified atom stereocenters. The number of rotatable bonds is 8. The minimum absolute atomic E-state index is 0.260. The molecule has 5 heteroatoms. The fourth-order valence-corrected chi connectivity index (χ4v) is 2.24. The lowest BCUT2D eigenvalue weighted by atomic mass is 9.88. The third kappa shape index (κ3) is 5.46. The van der Waals surface area contributed by atoms with Crippen LogP contribution in [0.25, 0.3) is 0 Å². The Hall–Kier alpha value is -0.680. The van der Waals surface area contributed by atoms with Crippen molar-refractivity contribution in [1.82, 2.24) is 9.36 Å². The molecule has 4 nitrogen and oxygen atoms in total. The molecule has 1 aromatic heterocycles. The van der Waals surface area contributed by atoms with Gasteiger partial charge in [-0.2, -0.15) is 4.37 Å². The van der Waals surface area contributed by atoms with E-state index >= 15 is 0 Å². The van der Waals surface area contributed by atoms with Gasteiger partial charge in [-0.25, -0.2) is 4.98 Å². The minimum atomic E-state index is 0.260. The first-order valence-corrected chi connectivity index (χ1v) is 7.11. The summed E-state index contributed by atoms with van der Waals surface area (Å²) in [5.74, 6) is 0.958. The summed E-state index contributed by atoms with van der Waals surface area (Å²) in [5, 5.41) is 4.32. The summed E-state index contributed by atoms with van der Waals surface area (Å²) < 4.78 is 4.32. The fraction of sp³-hybridized carbons (Fsp3) is 0.833. The van der Waals surface area contributed by atoms with Crippen LogP contribution in [0.4, 0.5) is 5.13 Å². The van der Waals surface area contributed by atoms with Crippen molar-refractivity contribution in [3.63, 3.8) is 0 Å². The summed E-state index contributed by atoms with van der Waals surface area (Å²) in [7, 11) is 0. The maximum absolute atomic E-state index is 5.54. The van der Waals surface area contributed by atoms with Crippen LogP contribution in [0.15, 0.2) is 0 Å². The third-order valence-corrected chi connectivity index (χ3v) is 3.43. The van der Waals surface area contributed by atoms with E-state index in [0.717, 1.165) is 49.7 Å². The SMILES string of the molecule is CCCc1nsc(NCC(C)(C)CCCN)n1. The lowest BCUT2D eigenvalue weighted by Gasteiger charge is -2.24. The van der Waals surface area contributed by atoms with E-state index in [1.165, 1.54) is 11.5 Å². The molecule has 0 aliphatic rings. The number of aromatic nitrogens is 2. The molecule has 1 aromatic rings. The molecule has 98 valence electrons. The Morgan fingerprint density at radius 1 is 1.41 bits per heavy atom. The van der Waals surface area contributed by atoms with Crippen LogP contribution < -0.4 is 11.1 Å². The molecule has 0 saturated carbocycles. The molecular formula is C12H24N4S. The van der Waals surface area contributed by atoms with Crippen LogP contribution in [0, 0.1) is 5.41 Å². The standard InChI is InChI=1S/C12H24N4S/c1-4-6-10-15-11(17-16-10)14-9-12(2,3)7-5-8-13/h4-9,13H2,1-3H3,(H,14,15,16). The number of nitrogens with two attached hydrogens (primary N) is 1. The molecule has 0 atom stereocenters. The summed E-state index contributed by atoms with van der Waals surface area (Å²) in [6.45, 7) is 8.34. The van der Waals surface area contributed by atoms with Crippen molar-refractivity contribution in [3.8, 4) is 0 Å². The van der Waals surface area contributed by atoms with Gasteiger partial charge in [0.1, 0.15) is 5.82 Å². The monoisotopic (exact) mass is 256 g/mol. The second kappa shape index (κ2) is 6.91. The quantitative estimate of drug-likeness (QED) is 0.750. The zero-order valence-corrected chi connectivity index (χ0v) is 11.9. The van der Waals surface area contributed by atoms with Gasteiger partial charge in [0.2, 0.25) is 5.13 Å². The van der Waals surface area contributed by atoms with E-state index < -0.39 is 0 Å². The van der Waals surface area contributed by atoms with Crippen LogP contribution in [0.3, 0.4) is 0 Å². The minimum Gasteiger partial charge on any atom is -0.360 e. The van der Waals surface area contributed by atoms with E-state index in [1.54, 1.807) is 0 Å². The number of aryl methyl sites for hydroxylation is 1. The molecule has 1 rings (SSSR count). The van der Waals surface area contributed by atoms with Gasteiger partial charge in [-0.05, 0) is 31.2 Å². The van der Waals surface area contributed by atoms with Crippen molar-refractivity contribution in [2.45, 2.75) is 46.5 Å². The maximum atomic E-state index is 5.54. The Labute approximate surface area is 108 Å². The molecule has 0 fully saturated rings. The molecule has 1 heterocycles. The summed E-state index contributed by atoms with van der Waals surface area (Å²) in [6, 6.07) is 0. The second-order valence-corrected chi connectivity index (χ2v) is 5.93. The Bertz CT molecular complexity index is 322. The smallest absolute Gasteiger partial charge is 0.202 e. The molecule has 0 saturated heterocycles. The van der Waals surface area contributed by atoms with Gasteiger partial charge in [0.25, 0.3) is 0 Å². The van der Waals surface area contributed by atoms with Gasteiger partial charge in [-0.1, -0.05) is 20.8 Å². The van der Waals surface area contributed by atoms with Crippen LogP contribution in [-0.4, -0.2) is 22.4 Å². The maximum Gasteiger partial charge on any atom is 0.202 e. The number of nitrogens with one attached hydrogen (secondary N) is 1. The number of hydrogen-bond acceptors (Lipinski definition) is 5. The molecule has 0 spiro atoms. The lowest BCUT2D eigenvalue weighted by Crippen LogP contribution is -2.24. The highest BCUT2D eigenvalue weighted by Gasteiger charge is 2.17. The molecule has 0 radical (unpaired) electrons. The highest BCUT2D eigenvalue weighted by Crippen LogP contribution is 2.23. The van der Waals surface area contributed by atoms with E-state index in [-0.39, 0.29) is 5.41 Å². The first kappa shape index (κ1) is 14.4. The van der Waals surface area contributed by atoms with Crippen LogP contribution in [0.2, 0.25) is 0 Å². The van der Waals surface area contributed by atoms with Gasteiger partial charge in [-0.3, -0.25) is 0 Å². The van der Waals surface area contributed by atoms with Crippen molar-refractivity contribution < 1.29 is 0 Å². The fourth-order valence-electron chi connectivity index (χ4n) is 1.63. The van der Waals surface area contributed by atoms with E-state index in [2.05, 4.69) is 35.4 Å². The predicted octanol–water partition coefficient (Wildman–Crippen LogP) is 2.67. The van der Waals surface area contributed by atoms with Crippen LogP contribution in [0.1, 0.15) is 45.9 Å². The van der Waals surface area contributed by atoms with Gasteiger partial charge in [0.05, 0.1) is 0 Å². The zero-order chi connectivity index (χ0) is 12.7. The molecule has 0 aromatic carbocycles. The normalized spacial score (nSPS) is 11.8. The molecular weight excluding hydrogens is 232 g/mol. The van der Waals surface area contributed by atoms with Crippen molar-refractivity contribution >= 4 is 16.7 Å². The largest absolute Gasteiger partial charge is 0.360 e. The summed E-state index contributed by atoms with van der Waals surface area (Å²) >= 11 is 1.46. The Morgan fingerprint density at radius 3 is 2.82 bits per heavy atom. The highest BCUT2D eigenvalue weighted by atomic mass is 32.1. The van der Waals surface area contributed by atoms with Gasteiger partial charge in [0, 0.05) is 24.5 Å². The zero-order valence-electron chi connectivity index (χ0n) is 11.1. The molecule has 17 heavy (non-hydrogen) atoms. The number of nitrogens with zero attached hydrogens (tertiary/aromatic N) is 2. The van der Waals surface area contributed by atoms with Gasteiger partial charge < -0.3 is 11.1 Å². The van der Waals surface area contributed by atoms with Gasteiger partial charge in [0.15, 0.2) is 0 Å². The summed E-state index contributed by atoms with van der Waals surface area (Å²) in [5.41, 5.74) is 5.80. The van der Waals surface area contributed by atoms with Crippen molar-refractivity contribution in [2.75, 3.05) is 18.4 Å². The van der Waals surface area contributed by atoms with E-state index in [4.69, 9.17) is 5.73 Å². The highest BCUT2D eigenvalue weighted by molar-refractivity contribution is 7.09. The summed E-state index contributed by atoms with van der Waals surface area (Å²) in [6.07, 6.45) is 4.27. The molecule has 0 aliphatic carbocycles. The average Bonchev–Trinajstić information content (AvgIpc) is 2.73. The predicted molar refractivity (Wildman–Crippen MR) is 74.5 cm³/mol. The number of anilines is 1. The average molecular weight is 256 g/mol. The second-order valence-electron chi connectivity index (χ2n) is 5.18. The van der Waals surface area contributed by atoms with Crippen molar-refractivity contribution in [1.29, 1.82) is 0 Å². The Morgan fingerprint density at radius 2 is 2.18 bits per heavy atom. The Kier molecular flexibility index (Phi) is 5.85. The molecule has 0 amide bonds. The Balaban J connectivity index is 2.37. The van der Waals surface area contributed by atoms with Crippen molar-refractivity contribution in [2.24, 2.45) is 11.1 Å². The first-order valence-electron chi connectivity index (χ1n) is 6.34. The van der Waals surface area contributed by atoms with Crippen LogP contribution in [0.5, 0.6) is 0 Å². The molecule has 0 bridgehead atoms. The first-order chi connectivity index (χ1) is 8.07. The lowest BCUT2D eigenvalue weighted by molar-refractivity contribution is 0.350. The van der Waals surface area contributed by atoms with Gasteiger partial charge in [-0.15, -0.1) is 0 Å². The topological polar surface area (TPSA) is 63.8 Å². The van der Waals surface area contributed by atoms with Crippen molar-refractivity contribution in [3.05, 3.63) is 5.82 Å². The van der Waals surface area contributed by atoms with E-state index in [9.17, 15) is 0 Å². The van der Waals surface area contributed by atoms with Gasteiger partial charge >= 0.3 is 0 Å². The summed E-state index contributed by atoms with van der Waals surface area (Å²) in [4.78, 5) is 4.45. The van der Waals surface area contributed by atoms with E-state index in [0.29, 0.717) is 0 Å².